The molecule has 0 aliphatic rings. The molecule has 0 aliphatic heterocycles. The van der Waals surface area contributed by atoms with Crippen molar-refractivity contribution in [3.05, 3.63) is 35.7 Å². The van der Waals surface area contributed by atoms with Crippen molar-refractivity contribution in [3.63, 3.8) is 0 Å². The van der Waals surface area contributed by atoms with Gasteiger partial charge in [0.15, 0.2) is 11.5 Å². The van der Waals surface area contributed by atoms with Crippen LogP contribution in [0.3, 0.4) is 0 Å². The molecule has 2 aromatic rings. The van der Waals surface area contributed by atoms with Crippen molar-refractivity contribution in [2.45, 2.75) is 18.4 Å². The van der Waals surface area contributed by atoms with E-state index in [2.05, 4.69) is 9.97 Å². The number of hydrogen-bond donors (Lipinski definition) is 0. The van der Waals surface area contributed by atoms with Gasteiger partial charge in [-0.1, -0.05) is 0 Å². The molecule has 0 amide bonds. The molecule has 0 spiro atoms. The minimum absolute atomic E-state index is 0.694. The van der Waals surface area contributed by atoms with Gasteiger partial charge in [0, 0.05) is 30.9 Å². The molecule has 0 radical (unpaired) electrons. The topological polar surface area (TPSA) is 47.5 Å². The van der Waals surface area contributed by atoms with Gasteiger partial charge in [-0.2, -0.15) is 0 Å². The van der Waals surface area contributed by atoms with Gasteiger partial charge in [0.25, 0.3) is 0 Å². The highest BCUT2D eigenvalue weighted by Crippen LogP contribution is 2.35. The molecule has 1 aromatic carbocycles. The monoisotopic (exact) mass is 319 g/mol. The van der Waals surface area contributed by atoms with Crippen LogP contribution in [0.2, 0.25) is 0 Å². The van der Waals surface area contributed by atoms with Crippen molar-refractivity contribution in [1.82, 2.24) is 9.97 Å². The van der Waals surface area contributed by atoms with Crippen molar-refractivity contribution in [2.75, 3.05) is 32.4 Å². The molecule has 1 aromatic heterocycles. The molecular formula is C16H21N3O2S. The first-order chi connectivity index (χ1) is 10.6. The quantitative estimate of drug-likeness (QED) is 0.762. The number of ether oxygens (including phenoxy) is 2. The predicted molar refractivity (Wildman–Crippen MR) is 90.2 cm³/mol. The van der Waals surface area contributed by atoms with Crippen LogP contribution in [0, 0.1) is 6.92 Å². The molecule has 0 saturated heterocycles. The van der Waals surface area contributed by atoms with E-state index in [0.29, 0.717) is 12.5 Å². The third-order valence-electron chi connectivity index (χ3n) is 3.30. The summed E-state index contributed by atoms with van der Waals surface area (Å²) in [6.45, 7) is 2.67. The van der Waals surface area contributed by atoms with Gasteiger partial charge >= 0.3 is 0 Å². The molecule has 5 nitrogen and oxygen atoms in total. The fourth-order valence-corrected chi connectivity index (χ4v) is 2.74. The Morgan fingerprint density at radius 1 is 1.09 bits per heavy atom. The zero-order valence-electron chi connectivity index (χ0n) is 13.6. The van der Waals surface area contributed by atoms with Gasteiger partial charge in [0.1, 0.15) is 0 Å². The smallest absolute Gasteiger partial charge is 0.225 e. The van der Waals surface area contributed by atoms with E-state index in [0.717, 1.165) is 27.5 Å². The van der Waals surface area contributed by atoms with E-state index in [1.807, 2.05) is 49.7 Å². The average molecular weight is 319 g/mol. The Balaban J connectivity index is 2.29. The van der Waals surface area contributed by atoms with Gasteiger partial charge in [-0.15, -0.1) is 11.8 Å². The Kier molecular flexibility index (Phi) is 5.49. The molecule has 0 aliphatic carbocycles. The summed E-state index contributed by atoms with van der Waals surface area (Å²) in [5, 5.41) is 0. The summed E-state index contributed by atoms with van der Waals surface area (Å²) < 4.78 is 10.8. The first-order valence-electron chi connectivity index (χ1n) is 6.87. The first-order valence-corrected chi connectivity index (χ1v) is 8.10. The van der Waals surface area contributed by atoms with Crippen molar-refractivity contribution in [1.29, 1.82) is 0 Å². The number of hydrogen-bond acceptors (Lipinski definition) is 6. The lowest BCUT2D eigenvalue weighted by Gasteiger charge is -2.20. The number of rotatable bonds is 6. The minimum atomic E-state index is 0.694. The summed E-state index contributed by atoms with van der Waals surface area (Å²) >= 11 is 1.68. The zero-order chi connectivity index (χ0) is 16.1. The highest BCUT2D eigenvalue weighted by molar-refractivity contribution is 7.98. The molecular weight excluding hydrogens is 298 g/mol. The van der Waals surface area contributed by atoms with Gasteiger partial charge in [0.2, 0.25) is 5.95 Å². The summed E-state index contributed by atoms with van der Waals surface area (Å²) in [4.78, 5) is 11.9. The number of thioether (sulfide) groups is 1. The maximum absolute atomic E-state index is 5.40. The molecule has 0 N–H and O–H groups in total. The molecule has 0 saturated carbocycles. The molecule has 0 atom stereocenters. The fourth-order valence-electron chi connectivity index (χ4n) is 2.13. The lowest BCUT2D eigenvalue weighted by Crippen LogP contribution is -2.19. The molecule has 0 bridgehead atoms. The van der Waals surface area contributed by atoms with Gasteiger partial charge in [-0.05, 0) is 36.4 Å². The lowest BCUT2D eigenvalue weighted by molar-refractivity contribution is 0.353. The van der Waals surface area contributed by atoms with Crippen LogP contribution in [0.1, 0.15) is 11.1 Å². The van der Waals surface area contributed by atoms with Gasteiger partial charge in [0.05, 0.1) is 14.2 Å². The van der Waals surface area contributed by atoms with E-state index in [1.165, 1.54) is 0 Å². The number of methoxy groups -OCH3 is 2. The van der Waals surface area contributed by atoms with Crippen molar-refractivity contribution >= 4 is 17.7 Å². The van der Waals surface area contributed by atoms with Crippen LogP contribution < -0.4 is 14.4 Å². The zero-order valence-corrected chi connectivity index (χ0v) is 14.4. The van der Waals surface area contributed by atoms with E-state index in [4.69, 9.17) is 9.47 Å². The Bertz CT molecular complexity index is 632. The second-order valence-electron chi connectivity index (χ2n) is 4.94. The first kappa shape index (κ1) is 16.4. The minimum Gasteiger partial charge on any atom is -0.493 e. The highest BCUT2D eigenvalue weighted by Gasteiger charge is 2.13. The Labute approximate surface area is 135 Å². The molecule has 0 fully saturated rings. The number of aryl methyl sites for hydroxylation is 1. The fraction of sp³-hybridized carbons (Fsp3) is 0.375. The maximum Gasteiger partial charge on any atom is 0.225 e. The van der Waals surface area contributed by atoms with E-state index < -0.39 is 0 Å². The number of anilines is 1. The van der Waals surface area contributed by atoms with Crippen molar-refractivity contribution in [3.8, 4) is 11.5 Å². The van der Waals surface area contributed by atoms with Crippen LogP contribution in [-0.2, 0) is 6.54 Å². The van der Waals surface area contributed by atoms with Crippen LogP contribution >= 0.6 is 11.8 Å². The number of aromatic nitrogens is 2. The van der Waals surface area contributed by atoms with Crippen LogP contribution in [0.15, 0.2) is 29.4 Å². The Morgan fingerprint density at radius 2 is 1.68 bits per heavy atom. The van der Waals surface area contributed by atoms with Crippen LogP contribution in [-0.4, -0.2) is 37.5 Å². The van der Waals surface area contributed by atoms with Gasteiger partial charge in [-0.25, -0.2) is 9.97 Å². The van der Waals surface area contributed by atoms with E-state index in [1.54, 1.807) is 26.0 Å². The average Bonchev–Trinajstić information content (AvgIpc) is 2.54. The number of benzene rings is 1. The van der Waals surface area contributed by atoms with Crippen molar-refractivity contribution < 1.29 is 9.47 Å². The summed E-state index contributed by atoms with van der Waals surface area (Å²) in [5.74, 6) is 2.17. The second kappa shape index (κ2) is 7.35. The van der Waals surface area contributed by atoms with Crippen LogP contribution in [0.4, 0.5) is 5.95 Å². The molecule has 22 heavy (non-hydrogen) atoms. The molecule has 1 heterocycles. The Hall–Kier alpha value is -1.95. The molecule has 118 valence electrons. The molecule has 2 rings (SSSR count). The number of nitrogens with zero attached hydrogens (tertiary/aromatic N) is 3. The highest BCUT2D eigenvalue weighted by atomic mass is 32.2. The van der Waals surface area contributed by atoms with Crippen LogP contribution in [0.5, 0.6) is 11.5 Å². The summed E-state index contributed by atoms with van der Waals surface area (Å²) in [6.07, 6.45) is 5.69. The van der Waals surface area contributed by atoms with E-state index in [-0.39, 0.29) is 0 Å². The summed E-state index contributed by atoms with van der Waals surface area (Å²) in [7, 11) is 5.27. The van der Waals surface area contributed by atoms with E-state index >= 15 is 0 Å². The largest absolute Gasteiger partial charge is 0.493 e. The SMILES string of the molecule is COc1cc(CN(C)c2ncc(C)cn2)c(SC)cc1OC. The standard InChI is InChI=1S/C16H21N3O2S/c1-11-8-17-16(18-9-11)19(2)10-12-6-13(20-3)14(21-4)7-15(12)22-5/h6-9H,10H2,1-5H3. The van der Waals surface area contributed by atoms with E-state index in [9.17, 15) is 0 Å². The third kappa shape index (κ3) is 3.62. The second-order valence-corrected chi connectivity index (χ2v) is 5.78. The molecule has 6 heteroatoms. The lowest BCUT2D eigenvalue weighted by atomic mass is 10.2. The van der Waals surface area contributed by atoms with Crippen LogP contribution in [0.25, 0.3) is 0 Å². The van der Waals surface area contributed by atoms with Gasteiger partial charge < -0.3 is 14.4 Å². The normalized spacial score (nSPS) is 10.4. The maximum atomic E-state index is 5.40. The third-order valence-corrected chi connectivity index (χ3v) is 4.12. The summed E-state index contributed by atoms with van der Waals surface area (Å²) in [6, 6.07) is 4.01. The van der Waals surface area contributed by atoms with Gasteiger partial charge in [-0.3, -0.25) is 0 Å². The van der Waals surface area contributed by atoms with Crippen molar-refractivity contribution in [2.24, 2.45) is 0 Å². The molecule has 0 unspecified atom stereocenters. The summed E-state index contributed by atoms with van der Waals surface area (Å²) in [5.41, 5.74) is 2.20. The Morgan fingerprint density at radius 3 is 2.23 bits per heavy atom. The predicted octanol–water partition coefficient (Wildman–Crippen LogP) is 3.16.